The summed E-state index contributed by atoms with van der Waals surface area (Å²) < 4.78 is 71.1. The van der Waals surface area contributed by atoms with Gasteiger partial charge in [-0.25, -0.2) is 0 Å². The number of hydrogen-bond donors (Lipinski definition) is 7. The fourth-order valence-corrected chi connectivity index (χ4v) is 14.2. The molecule has 0 radical (unpaired) electrons. The normalized spacial score (nSPS) is 23.1. The number of nitrogens with one attached hydrogen (secondary N) is 4. The lowest BCUT2D eigenvalue weighted by Gasteiger charge is -2.44. The highest BCUT2D eigenvalue weighted by atomic mass is 16.7. The number of hydrogen-bond acceptors (Lipinski definition) is 27. The van der Waals surface area contributed by atoms with E-state index in [9.17, 15) is 68.1 Å². The first-order chi connectivity index (χ1) is 55.2. The number of carbonyl (C=O) groups excluding carboxylic acids is 11. The summed E-state index contributed by atoms with van der Waals surface area (Å²) >= 11 is 0. The van der Waals surface area contributed by atoms with Crippen molar-refractivity contribution in [1.29, 1.82) is 0 Å². The van der Waals surface area contributed by atoms with Crippen LogP contribution in [0.5, 0.6) is 0 Å². The Balaban J connectivity index is 0.00000102. The van der Waals surface area contributed by atoms with Crippen molar-refractivity contribution < 1.29 is 130 Å². The van der Waals surface area contributed by atoms with Gasteiger partial charge in [-0.1, -0.05) is 73.3 Å². The predicted molar refractivity (Wildman–Crippen MR) is 431 cm³/mol. The number of anilines is 1. The van der Waals surface area contributed by atoms with Crippen molar-refractivity contribution in [2.75, 3.05) is 105 Å². The zero-order chi connectivity index (χ0) is 86.5. The van der Waals surface area contributed by atoms with E-state index in [1.54, 1.807) is 13.2 Å². The molecule has 3 fully saturated rings. The highest BCUT2D eigenvalue weighted by molar-refractivity contribution is 5.91. The summed E-state index contributed by atoms with van der Waals surface area (Å²) in [5, 5.41) is 40.6. The van der Waals surface area contributed by atoms with E-state index < -0.39 is 42.3 Å². The topological polar surface area (TPSA) is 417 Å². The third-order valence-corrected chi connectivity index (χ3v) is 21.5. The summed E-state index contributed by atoms with van der Waals surface area (Å²) in [6, 6.07) is 4.19. The van der Waals surface area contributed by atoms with Gasteiger partial charge in [-0.05, 0) is 129 Å². The molecule has 0 saturated carbocycles. The molecule has 1 aromatic carbocycles. The number of rotatable bonds is 57. The second-order valence-corrected chi connectivity index (χ2v) is 31.0. The second-order valence-electron chi connectivity index (χ2n) is 31.0. The lowest BCUT2D eigenvalue weighted by Crippen LogP contribution is -2.58. The van der Waals surface area contributed by atoms with Crippen molar-refractivity contribution in [3.05, 3.63) is 29.3 Å². The van der Waals surface area contributed by atoms with Crippen LogP contribution < -0.4 is 21.3 Å². The molecule has 1 aromatic rings. The molecule has 7 N–H and O–H groups in total. The number of amides is 4. The maximum atomic E-state index is 13.9. The third kappa shape index (κ3) is 45.7. The molecule has 15 atom stereocenters. The van der Waals surface area contributed by atoms with Gasteiger partial charge in [0.2, 0.25) is 23.6 Å². The van der Waals surface area contributed by atoms with E-state index in [2.05, 4.69) is 21.3 Å². The van der Waals surface area contributed by atoms with Crippen LogP contribution in [0.2, 0.25) is 0 Å². The zero-order valence-electron chi connectivity index (χ0n) is 72.2. The van der Waals surface area contributed by atoms with E-state index in [1.165, 1.54) is 41.5 Å². The molecule has 666 valence electrons. The molecule has 4 rings (SSSR count). The number of benzene rings is 1. The largest absolute Gasteiger partial charge is 0.463 e. The molecule has 15 unspecified atom stereocenters. The van der Waals surface area contributed by atoms with E-state index in [0.29, 0.717) is 154 Å². The Morgan fingerprint density at radius 3 is 1.18 bits per heavy atom. The number of Topliss-reactive ketones (excluding diaryl/α,β-unsaturated/α-hetero) is 4. The zero-order valence-corrected chi connectivity index (χ0v) is 72.2. The number of unbranched alkanes of at least 4 members (excludes halogenated alkanes) is 5. The van der Waals surface area contributed by atoms with Gasteiger partial charge in [0, 0.05) is 145 Å². The highest BCUT2D eigenvalue weighted by Gasteiger charge is 2.45. The van der Waals surface area contributed by atoms with Crippen LogP contribution in [-0.2, 0) is 128 Å². The van der Waals surface area contributed by atoms with Crippen molar-refractivity contribution in [1.82, 2.24) is 16.0 Å². The van der Waals surface area contributed by atoms with Crippen LogP contribution >= 0.6 is 0 Å². The second kappa shape index (κ2) is 61.0. The van der Waals surface area contributed by atoms with Gasteiger partial charge in [-0.2, -0.15) is 0 Å². The van der Waals surface area contributed by atoms with Crippen LogP contribution in [0, 0.1) is 40.9 Å². The van der Waals surface area contributed by atoms with Gasteiger partial charge in [0.15, 0.2) is 18.9 Å². The molecule has 31 heteroatoms. The summed E-state index contributed by atoms with van der Waals surface area (Å²) in [6.07, 6.45) is 6.82. The molecule has 0 aromatic heterocycles. The number of ether oxygens (including phenoxy) is 13. The Hall–Kier alpha value is -6.33. The Kier molecular flexibility index (Phi) is 55.6. The van der Waals surface area contributed by atoms with Gasteiger partial charge in [0.05, 0.1) is 89.3 Å². The van der Waals surface area contributed by atoms with Gasteiger partial charge in [0.25, 0.3) is 0 Å². The van der Waals surface area contributed by atoms with Crippen LogP contribution in [0.3, 0.4) is 0 Å². The minimum Gasteiger partial charge on any atom is -0.463 e. The fraction of sp³-hybridized carbons (Fsp3) is 0.800. The Labute approximate surface area is 688 Å². The van der Waals surface area contributed by atoms with Gasteiger partial charge in [0.1, 0.15) is 43.0 Å². The Bertz CT molecular complexity index is 2930. The molecule has 3 heterocycles. The summed E-state index contributed by atoms with van der Waals surface area (Å²) in [5.74, 6) is -1.37. The van der Waals surface area contributed by atoms with E-state index in [4.69, 9.17) is 61.6 Å². The molecule has 4 amide bonds. The molecule has 0 spiro atoms. The first-order valence-electron chi connectivity index (χ1n) is 41.8. The first-order valence-corrected chi connectivity index (χ1v) is 41.8. The van der Waals surface area contributed by atoms with Crippen LogP contribution in [0.25, 0.3) is 0 Å². The van der Waals surface area contributed by atoms with Crippen molar-refractivity contribution in [3.8, 4) is 0 Å². The summed E-state index contributed by atoms with van der Waals surface area (Å²) in [6.45, 7) is 28.7. The van der Waals surface area contributed by atoms with E-state index >= 15 is 0 Å². The minimum absolute atomic E-state index is 0.00261. The van der Waals surface area contributed by atoms with Crippen molar-refractivity contribution >= 4 is 70.4 Å². The highest BCUT2D eigenvalue weighted by Crippen LogP contribution is 2.41. The molecule has 0 bridgehead atoms. The quantitative estimate of drug-likeness (QED) is 0.0182. The minimum atomic E-state index is -1.08. The van der Waals surface area contributed by atoms with Gasteiger partial charge < -0.3 is 98.2 Å². The van der Waals surface area contributed by atoms with Gasteiger partial charge in [-0.15, -0.1) is 0 Å². The number of methoxy groups -OCH3 is 1. The molecule has 0 aliphatic carbocycles. The average Bonchev–Trinajstić information content (AvgIpc) is 0.818. The van der Waals surface area contributed by atoms with Crippen molar-refractivity contribution in [3.63, 3.8) is 0 Å². The van der Waals surface area contributed by atoms with E-state index in [0.717, 1.165) is 37.7 Å². The van der Waals surface area contributed by atoms with Gasteiger partial charge >= 0.3 is 17.9 Å². The van der Waals surface area contributed by atoms with Crippen LogP contribution in [0.1, 0.15) is 243 Å². The maximum absolute atomic E-state index is 13.9. The lowest BCUT2D eigenvalue weighted by atomic mass is 9.70. The Morgan fingerprint density at radius 1 is 0.414 bits per heavy atom. The number of carbonyl (C=O) groups is 11. The fourth-order valence-electron chi connectivity index (χ4n) is 14.2. The smallest absolute Gasteiger partial charge is 0.302 e. The number of ketones is 4. The van der Waals surface area contributed by atoms with Crippen LogP contribution in [0.4, 0.5) is 5.69 Å². The van der Waals surface area contributed by atoms with Crippen molar-refractivity contribution in [2.24, 2.45) is 40.9 Å². The molecule has 3 saturated heterocycles. The monoisotopic (exact) mass is 1650 g/mol. The third-order valence-electron chi connectivity index (χ3n) is 21.5. The molecule has 116 heavy (non-hydrogen) atoms. The molecular formula is C85H144N4O27. The van der Waals surface area contributed by atoms with Gasteiger partial charge in [-0.3, -0.25) is 52.7 Å². The predicted octanol–water partition coefficient (Wildman–Crippen LogP) is 9.01. The summed E-state index contributed by atoms with van der Waals surface area (Å²) in [7, 11) is 1.60. The summed E-state index contributed by atoms with van der Waals surface area (Å²) in [4.78, 5) is 133. The molecular weight excluding hydrogens is 1510 g/mol. The standard InChI is InChI=1S/C61H102N2O17.2C12H21NO5/c1-8-73-30-16-20-53(67)24-27-61(28-25-54(68)21-17-31-74-9-2,42-56(70)19-14-12-10-11-13-15-23-58(71)63-52-40-50(43-64)39-51(41-52)44-72-7)29-26-55(69)22-18-32-75-33-34-76-35-36-77-37-38-78-60-59(62-48(5)65)47(4)46(3)57(80-60)45-79-49(6)66;2*1-6-7(2)11(13-8(3)14)12(16)18-10(6)5-17-9(4)15/h39-41,46-47,57,59-60,64H,8-38,42-45H2,1-7H3,(H,62,65)(H,63,71);2*6-7,10-12,16H,5H2,1-4H3,(H,13,14). The Morgan fingerprint density at radius 2 is 0.776 bits per heavy atom. The molecule has 3 aliphatic rings. The number of esters is 3. The first kappa shape index (κ1) is 106. The SMILES string of the molecule is CC(=O)NC1C(O)OC(COC(C)=O)C(C)C1C.CC(=O)NC1C(O)OC(COC(C)=O)C(C)C1C.CCOCCCC(=O)CCC(CCC(=O)CCCOCC)(CCC(=O)CCCOCCOCCOCCOC1OC(COC(C)=O)C(C)C(C)C1NC(C)=O)CC(=O)CCCCCCCCC(=O)Nc1cc(CO)cc(COC)c1. The summed E-state index contributed by atoms with van der Waals surface area (Å²) in [5.41, 5.74) is 1.53. The van der Waals surface area contributed by atoms with Crippen LogP contribution in [-0.4, -0.2) is 235 Å². The maximum Gasteiger partial charge on any atom is 0.302 e. The lowest BCUT2D eigenvalue weighted by molar-refractivity contribution is -0.247. The van der Waals surface area contributed by atoms with Crippen molar-refractivity contribution in [2.45, 2.75) is 300 Å². The average molecular weight is 1650 g/mol. The number of aliphatic hydroxyl groups excluding tert-OH is 3. The van der Waals surface area contributed by atoms with E-state index in [1.807, 2.05) is 67.5 Å². The number of aliphatic hydroxyl groups is 3. The molecule has 31 nitrogen and oxygen atoms in total. The van der Waals surface area contributed by atoms with E-state index in [-0.39, 0.29) is 184 Å². The van der Waals surface area contributed by atoms with Crippen LogP contribution in [0.15, 0.2) is 18.2 Å². The molecule has 3 aliphatic heterocycles.